The van der Waals surface area contributed by atoms with Crippen molar-refractivity contribution >= 4 is 54.5 Å². The predicted molar refractivity (Wildman–Crippen MR) is 172 cm³/mol. The van der Waals surface area contributed by atoms with Gasteiger partial charge in [-0.15, -0.1) is 0 Å². The van der Waals surface area contributed by atoms with E-state index in [1.807, 2.05) is 18.3 Å². The van der Waals surface area contributed by atoms with E-state index in [0.717, 1.165) is 66.6 Å². The van der Waals surface area contributed by atoms with Crippen LogP contribution >= 0.6 is 0 Å². The number of pyridine rings is 1. The van der Waals surface area contributed by atoms with E-state index < -0.39 is 0 Å². The number of fused-ring (bicyclic) bond motifs is 9. The summed E-state index contributed by atoms with van der Waals surface area (Å²) in [4.78, 5) is 9.69. The third kappa shape index (κ3) is 3.29. The normalized spacial score (nSPS) is 11.8. The van der Waals surface area contributed by atoms with E-state index in [4.69, 9.17) is 9.40 Å². The van der Waals surface area contributed by atoms with Gasteiger partial charge in [0.05, 0.1) is 11.0 Å². The van der Waals surface area contributed by atoms with Crippen molar-refractivity contribution in [1.82, 2.24) is 14.5 Å². The second-order valence-corrected chi connectivity index (χ2v) is 10.6. The molecule has 196 valence electrons. The summed E-state index contributed by atoms with van der Waals surface area (Å²) in [7, 11) is 0. The van der Waals surface area contributed by atoms with Gasteiger partial charge in [0.25, 0.3) is 0 Å². The molecular formula is C38H23N3O. The molecule has 9 rings (SSSR count). The summed E-state index contributed by atoms with van der Waals surface area (Å²) in [6, 6.07) is 44.6. The van der Waals surface area contributed by atoms with Crippen LogP contribution in [0.2, 0.25) is 0 Å². The van der Waals surface area contributed by atoms with Crippen molar-refractivity contribution in [2.45, 2.75) is 0 Å². The second kappa shape index (κ2) is 8.88. The molecule has 0 atom stereocenters. The Hall–Kier alpha value is -5.74. The van der Waals surface area contributed by atoms with Crippen molar-refractivity contribution in [2.24, 2.45) is 0 Å². The lowest BCUT2D eigenvalue weighted by Gasteiger charge is -2.14. The van der Waals surface area contributed by atoms with Gasteiger partial charge in [0, 0.05) is 50.8 Å². The molecule has 0 aliphatic carbocycles. The average molecular weight is 538 g/mol. The van der Waals surface area contributed by atoms with Crippen LogP contribution in [-0.2, 0) is 0 Å². The van der Waals surface area contributed by atoms with E-state index in [0.29, 0.717) is 0 Å². The quantitative estimate of drug-likeness (QED) is 0.211. The first-order chi connectivity index (χ1) is 20.8. The van der Waals surface area contributed by atoms with Crippen LogP contribution in [0.4, 0.5) is 0 Å². The van der Waals surface area contributed by atoms with Crippen LogP contribution in [0.1, 0.15) is 0 Å². The summed E-state index contributed by atoms with van der Waals surface area (Å²) in [6.07, 6.45) is 3.65. The van der Waals surface area contributed by atoms with Crippen LogP contribution in [0, 0.1) is 0 Å². The van der Waals surface area contributed by atoms with E-state index in [-0.39, 0.29) is 0 Å². The maximum Gasteiger partial charge on any atom is 0.145 e. The Morgan fingerprint density at radius 3 is 2.10 bits per heavy atom. The highest BCUT2D eigenvalue weighted by molar-refractivity contribution is 6.24. The van der Waals surface area contributed by atoms with E-state index in [9.17, 15) is 0 Å². The number of rotatable bonds is 3. The number of para-hydroxylation sites is 1. The zero-order valence-electron chi connectivity index (χ0n) is 22.5. The predicted octanol–water partition coefficient (Wildman–Crippen LogP) is 9.96. The van der Waals surface area contributed by atoms with E-state index in [1.54, 1.807) is 6.20 Å². The van der Waals surface area contributed by atoms with Crippen molar-refractivity contribution in [3.8, 4) is 28.2 Å². The van der Waals surface area contributed by atoms with Gasteiger partial charge in [0.1, 0.15) is 17.0 Å². The van der Waals surface area contributed by atoms with Crippen molar-refractivity contribution in [3.05, 3.63) is 140 Å². The molecule has 0 saturated carbocycles. The van der Waals surface area contributed by atoms with Gasteiger partial charge in [0.2, 0.25) is 0 Å². The molecule has 0 saturated heterocycles. The molecular weight excluding hydrogens is 514 g/mol. The largest absolute Gasteiger partial charge is 0.455 e. The SMILES string of the molecule is c1ccc(-c2nc3c4ccccc4c4ccccc4c3n2-c2cccc(-c3cccc4c3oc3ccncc34)c2)cc1. The number of imidazole rings is 1. The van der Waals surface area contributed by atoms with Crippen LogP contribution in [0.3, 0.4) is 0 Å². The lowest BCUT2D eigenvalue weighted by atomic mass is 9.99. The summed E-state index contributed by atoms with van der Waals surface area (Å²) in [6.45, 7) is 0. The van der Waals surface area contributed by atoms with E-state index >= 15 is 0 Å². The molecule has 0 unspecified atom stereocenters. The van der Waals surface area contributed by atoms with Gasteiger partial charge in [-0.1, -0.05) is 109 Å². The highest BCUT2D eigenvalue weighted by atomic mass is 16.3. The standard InChI is InChI=1S/C38H23N3O/c1-2-10-24(11-3-1)38-40-35-30-16-6-4-14-28(30)29-15-5-7-17-31(29)36(35)41(38)26-13-8-12-25(22-26)27-18-9-19-32-33-23-39-21-20-34(33)42-37(27)32/h1-23H. The van der Waals surface area contributed by atoms with Crippen molar-refractivity contribution in [3.63, 3.8) is 0 Å². The molecule has 0 spiro atoms. The number of benzene rings is 6. The maximum absolute atomic E-state index is 6.38. The summed E-state index contributed by atoms with van der Waals surface area (Å²) < 4.78 is 8.70. The van der Waals surface area contributed by atoms with Crippen molar-refractivity contribution < 1.29 is 4.42 Å². The smallest absolute Gasteiger partial charge is 0.145 e. The summed E-state index contributed by atoms with van der Waals surface area (Å²) in [5.41, 5.74) is 8.06. The number of aromatic nitrogens is 3. The molecule has 0 amide bonds. The Bertz CT molecular complexity index is 2470. The van der Waals surface area contributed by atoms with Crippen LogP contribution in [0.25, 0.3) is 82.7 Å². The van der Waals surface area contributed by atoms with Crippen molar-refractivity contribution in [1.29, 1.82) is 0 Å². The molecule has 0 bridgehead atoms. The molecule has 0 fully saturated rings. The number of furan rings is 1. The summed E-state index contributed by atoms with van der Waals surface area (Å²) >= 11 is 0. The molecule has 9 aromatic rings. The minimum absolute atomic E-state index is 0.842. The molecule has 0 aliphatic rings. The first-order valence-corrected chi connectivity index (χ1v) is 14.1. The fourth-order valence-corrected chi connectivity index (χ4v) is 6.42. The van der Waals surface area contributed by atoms with Gasteiger partial charge in [-0.3, -0.25) is 9.55 Å². The van der Waals surface area contributed by atoms with Crippen LogP contribution < -0.4 is 0 Å². The fourth-order valence-electron chi connectivity index (χ4n) is 6.42. The third-order valence-electron chi connectivity index (χ3n) is 8.28. The zero-order valence-corrected chi connectivity index (χ0v) is 22.5. The molecule has 4 nitrogen and oxygen atoms in total. The van der Waals surface area contributed by atoms with Crippen molar-refractivity contribution in [2.75, 3.05) is 0 Å². The topological polar surface area (TPSA) is 43.9 Å². The molecule has 6 aromatic carbocycles. The van der Waals surface area contributed by atoms with E-state index in [2.05, 4.69) is 125 Å². The van der Waals surface area contributed by atoms with Gasteiger partial charge in [-0.05, 0) is 34.5 Å². The van der Waals surface area contributed by atoms with Gasteiger partial charge in [-0.2, -0.15) is 0 Å². The zero-order chi connectivity index (χ0) is 27.6. The van der Waals surface area contributed by atoms with Gasteiger partial charge in [0.15, 0.2) is 0 Å². The first-order valence-electron chi connectivity index (χ1n) is 14.1. The van der Waals surface area contributed by atoms with Gasteiger partial charge in [-0.25, -0.2) is 4.98 Å². The molecule has 3 heterocycles. The first kappa shape index (κ1) is 23.0. The number of hydrogen-bond donors (Lipinski definition) is 0. The molecule has 4 heteroatoms. The van der Waals surface area contributed by atoms with E-state index in [1.165, 1.54) is 16.2 Å². The Kier molecular flexibility index (Phi) is 4.87. The minimum Gasteiger partial charge on any atom is -0.455 e. The van der Waals surface area contributed by atoms with Gasteiger partial charge < -0.3 is 4.42 Å². The lowest BCUT2D eigenvalue weighted by Crippen LogP contribution is -1.98. The Morgan fingerprint density at radius 1 is 0.548 bits per heavy atom. The van der Waals surface area contributed by atoms with Crippen LogP contribution in [0.5, 0.6) is 0 Å². The number of nitrogens with zero attached hydrogens (tertiary/aromatic N) is 3. The Morgan fingerprint density at radius 2 is 1.24 bits per heavy atom. The molecule has 0 N–H and O–H groups in total. The average Bonchev–Trinajstić information content (AvgIpc) is 3.65. The maximum atomic E-state index is 6.38. The molecule has 3 aromatic heterocycles. The third-order valence-corrected chi connectivity index (χ3v) is 8.28. The number of hydrogen-bond acceptors (Lipinski definition) is 3. The summed E-state index contributed by atoms with van der Waals surface area (Å²) in [5, 5.41) is 6.85. The highest BCUT2D eigenvalue weighted by Crippen LogP contribution is 2.40. The van der Waals surface area contributed by atoms with Crippen LogP contribution in [0.15, 0.2) is 144 Å². The van der Waals surface area contributed by atoms with Gasteiger partial charge >= 0.3 is 0 Å². The molecule has 0 aliphatic heterocycles. The second-order valence-electron chi connectivity index (χ2n) is 10.6. The molecule has 42 heavy (non-hydrogen) atoms. The molecule has 0 radical (unpaired) electrons. The highest BCUT2D eigenvalue weighted by Gasteiger charge is 2.20. The monoisotopic (exact) mass is 537 g/mol. The Labute approximate surface area is 241 Å². The fraction of sp³-hybridized carbons (Fsp3) is 0. The van der Waals surface area contributed by atoms with Crippen LogP contribution in [-0.4, -0.2) is 14.5 Å². The summed E-state index contributed by atoms with van der Waals surface area (Å²) in [5.74, 6) is 0.914. The Balaban J connectivity index is 1.38. The lowest BCUT2D eigenvalue weighted by molar-refractivity contribution is 0.669. The minimum atomic E-state index is 0.842.